The minimum Gasteiger partial charge on any atom is -0.356 e. The summed E-state index contributed by atoms with van der Waals surface area (Å²) in [5.41, 5.74) is 2.27. The van der Waals surface area contributed by atoms with E-state index < -0.39 is 0 Å². The van der Waals surface area contributed by atoms with E-state index >= 15 is 0 Å². The molecule has 0 aliphatic rings. The minimum absolute atomic E-state index is 0.104. The van der Waals surface area contributed by atoms with E-state index in [0.29, 0.717) is 6.42 Å². The van der Waals surface area contributed by atoms with E-state index in [1.165, 1.54) is 5.56 Å². The molecular weight excluding hydrogens is 212 g/mol. The lowest BCUT2D eigenvalue weighted by Crippen LogP contribution is -2.28. The largest absolute Gasteiger partial charge is 0.356 e. The molecule has 0 unspecified atom stereocenters. The normalized spacial score (nSPS) is 10.2. The lowest BCUT2D eigenvalue weighted by atomic mass is 10.1. The molecule has 17 heavy (non-hydrogen) atoms. The van der Waals surface area contributed by atoms with Gasteiger partial charge in [0.1, 0.15) is 0 Å². The van der Waals surface area contributed by atoms with Gasteiger partial charge in [0.05, 0.1) is 6.42 Å². The molecule has 0 atom stereocenters. The van der Waals surface area contributed by atoms with Gasteiger partial charge in [-0.25, -0.2) is 0 Å². The zero-order chi connectivity index (χ0) is 12.5. The summed E-state index contributed by atoms with van der Waals surface area (Å²) in [6, 6.07) is 8.07. The SMILES string of the molecule is CCNCCCNC(=O)Cc1cccc(C)c1. The van der Waals surface area contributed by atoms with E-state index in [0.717, 1.165) is 31.6 Å². The Bertz CT molecular complexity index is 350. The van der Waals surface area contributed by atoms with Gasteiger partial charge in [0, 0.05) is 6.54 Å². The molecule has 94 valence electrons. The van der Waals surface area contributed by atoms with Crippen LogP contribution >= 0.6 is 0 Å². The molecule has 0 heterocycles. The second-order valence-corrected chi connectivity index (χ2v) is 4.22. The molecule has 1 amide bonds. The average molecular weight is 234 g/mol. The first kappa shape index (κ1) is 13.7. The molecule has 0 radical (unpaired) electrons. The molecule has 0 saturated heterocycles. The van der Waals surface area contributed by atoms with Crippen molar-refractivity contribution in [3.63, 3.8) is 0 Å². The van der Waals surface area contributed by atoms with Gasteiger partial charge in [0.15, 0.2) is 0 Å². The van der Waals surface area contributed by atoms with E-state index in [2.05, 4.69) is 23.6 Å². The topological polar surface area (TPSA) is 41.1 Å². The zero-order valence-electron chi connectivity index (χ0n) is 10.8. The molecule has 1 aromatic rings. The van der Waals surface area contributed by atoms with Crippen molar-refractivity contribution in [1.82, 2.24) is 10.6 Å². The third-order valence-electron chi connectivity index (χ3n) is 2.55. The molecule has 3 heteroatoms. The summed E-state index contributed by atoms with van der Waals surface area (Å²) in [5, 5.41) is 6.16. The molecule has 0 bridgehead atoms. The standard InChI is InChI=1S/C14H22N2O/c1-3-15-8-5-9-16-14(17)11-13-7-4-6-12(2)10-13/h4,6-7,10,15H,3,5,8-9,11H2,1-2H3,(H,16,17). The molecule has 0 spiro atoms. The Hall–Kier alpha value is -1.35. The molecule has 0 aliphatic carbocycles. The van der Waals surface area contributed by atoms with Gasteiger partial charge in [-0.15, -0.1) is 0 Å². The van der Waals surface area contributed by atoms with Gasteiger partial charge in [-0.05, 0) is 32.0 Å². The fourth-order valence-electron chi connectivity index (χ4n) is 1.69. The van der Waals surface area contributed by atoms with Crippen LogP contribution in [0.2, 0.25) is 0 Å². The average Bonchev–Trinajstić information content (AvgIpc) is 2.29. The summed E-state index contributed by atoms with van der Waals surface area (Å²) in [7, 11) is 0. The van der Waals surface area contributed by atoms with Crippen molar-refractivity contribution in [2.75, 3.05) is 19.6 Å². The number of amides is 1. The highest BCUT2D eigenvalue weighted by atomic mass is 16.1. The van der Waals surface area contributed by atoms with Gasteiger partial charge in [-0.1, -0.05) is 36.8 Å². The van der Waals surface area contributed by atoms with Crippen LogP contribution in [0.3, 0.4) is 0 Å². The quantitative estimate of drug-likeness (QED) is 0.704. The number of nitrogens with one attached hydrogen (secondary N) is 2. The van der Waals surface area contributed by atoms with Crippen LogP contribution in [0.4, 0.5) is 0 Å². The Balaban J connectivity index is 2.21. The van der Waals surface area contributed by atoms with Crippen LogP contribution in [0, 0.1) is 6.92 Å². The van der Waals surface area contributed by atoms with E-state index in [9.17, 15) is 4.79 Å². The van der Waals surface area contributed by atoms with Crippen molar-refractivity contribution in [2.45, 2.75) is 26.7 Å². The number of benzene rings is 1. The van der Waals surface area contributed by atoms with Gasteiger partial charge >= 0.3 is 0 Å². The second-order valence-electron chi connectivity index (χ2n) is 4.22. The third kappa shape index (κ3) is 6.07. The molecule has 2 N–H and O–H groups in total. The summed E-state index contributed by atoms with van der Waals surface area (Å²) in [5.74, 6) is 0.104. The number of rotatable bonds is 7. The van der Waals surface area contributed by atoms with Gasteiger partial charge in [0.25, 0.3) is 0 Å². The fraction of sp³-hybridized carbons (Fsp3) is 0.500. The maximum absolute atomic E-state index is 11.6. The predicted octanol–water partition coefficient (Wildman–Crippen LogP) is 1.65. The molecule has 0 aliphatic heterocycles. The van der Waals surface area contributed by atoms with Crippen molar-refractivity contribution in [1.29, 1.82) is 0 Å². The Morgan fingerprint density at radius 1 is 1.29 bits per heavy atom. The minimum atomic E-state index is 0.104. The monoisotopic (exact) mass is 234 g/mol. The first-order valence-corrected chi connectivity index (χ1v) is 6.25. The Morgan fingerprint density at radius 3 is 2.82 bits per heavy atom. The summed E-state index contributed by atoms with van der Waals surface area (Å²) in [6.45, 7) is 6.81. The van der Waals surface area contributed by atoms with Gasteiger partial charge < -0.3 is 10.6 Å². The first-order valence-electron chi connectivity index (χ1n) is 6.25. The summed E-state index contributed by atoms with van der Waals surface area (Å²) < 4.78 is 0. The molecular formula is C14H22N2O. The van der Waals surface area contributed by atoms with E-state index in [4.69, 9.17) is 0 Å². The third-order valence-corrected chi connectivity index (χ3v) is 2.55. The van der Waals surface area contributed by atoms with Gasteiger partial charge in [-0.3, -0.25) is 4.79 Å². The lowest BCUT2D eigenvalue weighted by molar-refractivity contribution is -0.120. The highest BCUT2D eigenvalue weighted by Crippen LogP contribution is 2.04. The van der Waals surface area contributed by atoms with Crippen LogP contribution in [0.1, 0.15) is 24.5 Å². The van der Waals surface area contributed by atoms with Crippen LogP contribution in [0.25, 0.3) is 0 Å². The smallest absolute Gasteiger partial charge is 0.224 e. The maximum atomic E-state index is 11.6. The van der Waals surface area contributed by atoms with Crippen molar-refractivity contribution in [2.24, 2.45) is 0 Å². The van der Waals surface area contributed by atoms with Crippen LogP contribution in [-0.4, -0.2) is 25.5 Å². The summed E-state index contributed by atoms with van der Waals surface area (Å²) >= 11 is 0. The van der Waals surface area contributed by atoms with Gasteiger partial charge in [-0.2, -0.15) is 0 Å². The fourth-order valence-corrected chi connectivity index (χ4v) is 1.69. The second kappa shape index (κ2) is 7.85. The number of carbonyl (C=O) groups is 1. The van der Waals surface area contributed by atoms with Crippen molar-refractivity contribution >= 4 is 5.91 Å². The van der Waals surface area contributed by atoms with Crippen LogP contribution in [0.15, 0.2) is 24.3 Å². The first-order chi connectivity index (χ1) is 8.22. The Labute approximate surface area is 104 Å². The number of hydrogen-bond acceptors (Lipinski definition) is 2. The van der Waals surface area contributed by atoms with Crippen LogP contribution in [0.5, 0.6) is 0 Å². The number of aryl methyl sites for hydroxylation is 1. The Kier molecular flexibility index (Phi) is 6.33. The number of hydrogen-bond donors (Lipinski definition) is 2. The van der Waals surface area contributed by atoms with Crippen molar-refractivity contribution < 1.29 is 4.79 Å². The molecule has 3 nitrogen and oxygen atoms in total. The van der Waals surface area contributed by atoms with Crippen LogP contribution in [-0.2, 0) is 11.2 Å². The molecule has 1 rings (SSSR count). The highest BCUT2D eigenvalue weighted by Gasteiger charge is 2.02. The molecule has 0 saturated carbocycles. The van der Waals surface area contributed by atoms with E-state index in [1.807, 2.05) is 25.1 Å². The Morgan fingerprint density at radius 2 is 2.12 bits per heavy atom. The number of carbonyl (C=O) groups excluding carboxylic acids is 1. The van der Waals surface area contributed by atoms with E-state index in [1.54, 1.807) is 0 Å². The van der Waals surface area contributed by atoms with Crippen molar-refractivity contribution in [3.8, 4) is 0 Å². The molecule has 0 aromatic heterocycles. The highest BCUT2D eigenvalue weighted by molar-refractivity contribution is 5.78. The zero-order valence-corrected chi connectivity index (χ0v) is 10.8. The summed E-state index contributed by atoms with van der Waals surface area (Å²) in [4.78, 5) is 11.6. The predicted molar refractivity (Wildman–Crippen MR) is 71.1 cm³/mol. The maximum Gasteiger partial charge on any atom is 0.224 e. The lowest BCUT2D eigenvalue weighted by Gasteiger charge is -2.06. The van der Waals surface area contributed by atoms with Crippen LogP contribution < -0.4 is 10.6 Å². The summed E-state index contributed by atoms with van der Waals surface area (Å²) in [6.07, 6.45) is 1.45. The van der Waals surface area contributed by atoms with E-state index in [-0.39, 0.29) is 5.91 Å². The molecule has 1 aromatic carbocycles. The van der Waals surface area contributed by atoms with Crippen molar-refractivity contribution in [3.05, 3.63) is 35.4 Å². The molecule has 0 fully saturated rings. The van der Waals surface area contributed by atoms with Gasteiger partial charge in [0.2, 0.25) is 5.91 Å².